The van der Waals surface area contributed by atoms with Gasteiger partial charge in [0.15, 0.2) is 5.67 Å². The Bertz CT molecular complexity index is 1250. The minimum atomic E-state index is -2.12. The van der Waals surface area contributed by atoms with Gasteiger partial charge in [0.05, 0.1) is 0 Å². The van der Waals surface area contributed by atoms with Crippen LogP contribution in [0.3, 0.4) is 0 Å². The first-order valence-electron chi connectivity index (χ1n) is 11.5. The highest BCUT2D eigenvalue weighted by atomic mass is 19.2. The van der Waals surface area contributed by atoms with Gasteiger partial charge in [0.2, 0.25) is 5.91 Å². The first-order chi connectivity index (χ1) is 17.0. The van der Waals surface area contributed by atoms with Crippen molar-refractivity contribution >= 4 is 29.1 Å². The number of rotatable bonds is 9. The van der Waals surface area contributed by atoms with Crippen molar-refractivity contribution in [3.63, 3.8) is 0 Å². The maximum absolute atomic E-state index is 14.5. The van der Waals surface area contributed by atoms with Crippen LogP contribution >= 0.6 is 0 Å². The number of hydrogen-bond donors (Lipinski definition) is 2. The molecule has 0 aliphatic rings. The molecule has 3 rings (SSSR count). The number of primary amides is 1. The van der Waals surface area contributed by atoms with Gasteiger partial charge < -0.3 is 16.0 Å². The van der Waals surface area contributed by atoms with Crippen LogP contribution in [0.15, 0.2) is 66.7 Å². The molecular weight excluding hydrogens is 464 g/mol. The Kier molecular flexibility index (Phi) is 8.19. The molecule has 3 aromatic carbocycles. The van der Waals surface area contributed by atoms with Crippen LogP contribution in [0.1, 0.15) is 50.8 Å². The summed E-state index contributed by atoms with van der Waals surface area (Å²) in [5, 5.41) is 2.84. The summed E-state index contributed by atoms with van der Waals surface area (Å²) < 4.78 is 27.6. The summed E-state index contributed by atoms with van der Waals surface area (Å²) in [4.78, 5) is 39.1. The zero-order chi connectivity index (χ0) is 26.5. The molecule has 3 aromatic rings. The van der Waals surface area contributed by atoms with Crippen molar-refractivity contribution in [1.29, 1.82) is 0 Å². The summed E-state index contributed by atoms with van der Waals surface area (Å²) in [6.07, 6.45) is -0.0495. The van der Waals surface area contributed by atoms with Crippen LogP contribution in [0, 0.1) is 13.8 Å². The van der Waals surface area contributed by atoms with E-state index in [1.165, 1.54) is 24.0 Å². The van der Waals surface area contributed by atoms with E-state index in [2.05, 4.69) is 5.32 Å². The molecule has 0 aliphatic carbocycles. The minimum Gasteiger partial charge on any atom is -0.370 e. The van der Waals surface area contributed by atoms with Crippen LogP contribution in [0.2, 0.25) is 0 Å². The molecule has 0 aliphatic heterocycles. The van der Waals surface area contributed by atoms with Crippen molar-refractivity contribution in [2.75, 3.05) is 23.4 Å². The van der Waals surface area contributed by atoms with Crippen LogP contribution in [0.4, 0.5) is 20.2 Å². The molecule has 1 unspecified atom stereocenters. The Labute approximate surface area is 209 Å². The number of carbonyl (C=O) groups excluding carboxylic acids is 3. The van der Waals surface area contributed by atoms with E-state index < -0.39 is 24.2 Å². The van der Waals surface area contributed by atoms with Gasteiger partial charge in [-0.1, -0.05) is 36.4 Å². The molecule has 6 nitrogen and oxygen atoms in total. The number of amides is 3. The average molecular weight is 494 g/mol. The fraction of sp³-hybridized carbons (Fsp3) is 0.250. The molecule has 0 fully saturated rings. The predicted molar refractivity (Wildman–Crippen MR) is 137 cm³/mol. The molecule has 0 bridgehead atoms. The molecular formula is C28H29F2N3O3. The van der Waals surface area contributed by atoms with E-state index in [-0.39, 0.29) is 30.0 Å². The maximum atomic E-state index is 14.5. The first kappa shape index (κ1) is 26.5. The zero-order valence-electron chi connectivity index (χ0n) is 20.5. The average Bonchev–Trinajstić information content (AvgIpc) is 2.86. The number of nitrogens with zero attached hydrogens (tertiary/aromatic N) is 1. The van der Waals surface area contributed by atoms with Crippen molar-refractivity contribution in [1.82, 2.24) is 0 Å². The third-order valence-electron chi connectivity index (χ3n) is 5.89. The summed E-state index contributed by atoms with van der Waals surface area (Å²) in [6, 6.07) is 18.1. The zero-order valence-corrected chi connectivity index (χ0v) is 20.5. The molecule has 1 atom stereocenters. The smallest absolute Gasteiger partial charge is 0.258 e. The van der Waals surface area contributed by atoms with Crippen LogP contribution in [-0.4, -0.2) is 30.9 Å². The number of nitrogens with one attached hydrogen (secondary N) is 1. The SMILES string of the molecule is Cc1cc(C(C)(F)CF)cc(C)c1NC(=O)c1cccc(N(CCC(N)=O)C(=O)c2ccccc2)c1. The number of hydrogen-bond acceptors (Lipinski definition) is 3. The lowest BCUT2D eigenvalue weighted by Gasteiger charge is -2.23. The summed E-state index contributed by atoms with van der Waals surface area (Å²) >= 11 is 0. The quantitative estimate of drug-likeness (QED) is 0.427. The van der Waals surface area contributed by atoms with Gasteiger partial charge in [0.25, 0.3) is 11.8 Å². The highest BCUT2D eigenvalue weighted by Gasteiger charge is 2.27. The number of aryl methyl sites for hydroxylation is 2. The minimum absolute atomic E-state index is 0.0460. The molecule has 0 heterocycles. The Morgan fingerprint density at radius 1 is 0.944 bits per heavy atom. The predicted octanol–water partition coefficient (Wildman–Crippen LogP) is 5.23. The number of halogens is 2. The van der Waals surface area contributed by atoms with Crippen molar-refractivity contribution < 1.29 is 23.2 Å². The molecule has 8 heteroatoms. The van der Waals surface area contributed by atoms with Crippen molar-refractivity contribution in [3.05, 3.63) is 94.5 Å². The van der Waals surface area contributed by atoms with Crippen molar-refractivity contribution in [3.8, 4) is 0 Å². The van der Waals surface area contributed by atoms with E-state index in [1.54, 1.807) is 68.4 Å². The van der Waals surface area contributed by atoms with Gasteiger partial charge in [-0.3, -0.25) is 14.4 Å². The Hall–Kier alpha value is -4.07. The number of carbonyl (C=O) groups is 3. The molecule has 3 N–H and O–H groups in total. The van der Waals surface area contributed by atoms with E-state index in [1.807, 2.05) is 0 Å². The highest BCUT2D eigenvalue weighted by Crippen LogP contribution is 2.32. The third-order valence-corrected chi connectivity index (χ3v) is 5.89. The molecule has 0 spiro atoms. The van der Waals surface area contributed by atoms with Gasteiger partial charge in [-0.25, -0.2) is 8.78 Å². The number of alkyl halides is 2. The second-order valence-electron chi connectivity index (χ2n) is 8.86. The number of anilines is 2. The fourth-order valence-electron chi connectivity index (χ4n) is 3.85. The second kappa shape index (κ2) is 11.1. The third kappa shape index (κ3) is 6.13. The van der Waals surface area contributed by atoms with Gasteiger partial charge >= 0.3 is 0 Å². The largest absolute Gasteiger partial charge is 0.370 e. The van der Waals surface area contributed by atoms with Crippen molar-refractivity contribution in [2.24, 2.45) is 5.73 Å². The normalized spacial score (nSPS) is 12.5. The van der Waals surface area contributed by atoms with Crippen LogP contribution in [0.5, 0.6) is 0 Å². The van der Waals surface area contributed by atoms with Gasteiger partial charge in [0, 0.05) is 35.5 Å². The van der Waals surface area contributed by atoms with E-state index in [0.717, 1.165) is 0 Å². The standard InChI is InChI=1S/C28H29F2N3O3/c1-18-14-22(28(3,30)17-29)15-19(2)25(18)32-26(35)21-10-7-11-23(16-21)33(13-12-24(31)34)27(36)20-8-5-4-6-9-20/h4-11,14-16H,12-13,17H2,1-3H3,(H2,31,34)(H,32,35). The number of nitrogens with two attached hydrogens (primary N) is 1. The lowest BCUT2D eigenvalue weighted by Crippen LogP contribution is -2.34. The summed E-state index contributed by atoms with van der Waals surface area (Å²) in [6.45, 7) is 3.48. The summed E-state index contributed by atoms with van der Waals surface area (Å²) in [5.41, 5.74) is 6.20. The molecule has 0 aromatic heterocycles. The maximum Gasteiger partial charge on any atom is 0.258 e. The lowest BCUT2D eigenvalue weighted by molar-refractivity contribution is -0.117. The van der Waals surface area contributed by atoms with E-state index in [0.29, 0.717) is 28.1 Å². The molecule has 0 radical (unpaired) electrons. The van der Waals surface area contributed by atoms with Crippen molar-refractivity contribution in [2.45, 2.75) is 32.9 Å². The molecule has 0 saturated heterocycles. The van der Waals surface area contributed by atoms with Crippen LogP contribution in [0.25, 0.3) is 0 Å². The molecule has 3 amide bonds. The van der Waals surface area contributed by atoms with Gasteiger partial charge in [-0.2, -0.15) is 0 Å². The van der Waals surface area contributed by atoms with Gasteiger partial charge in [-0.15, -0.1) is 0 Å². The molecule has 0 saturated carbocycles. The topological polar surface area (TPSA) is 92.5 Å². The molecule has 188 valence electrons. The van der Waals surface area contributed by atoms with Gasteiger partial charge in [-0.05, 0) is 67.8 Å². The van der Waals surface area contributed by atoms with Gasteiger partial charge in [0.1, 0.15) is 6.67 Å². The summed E-state index contributed by atoms with van der Waals surface area (Å²) in [5.74, 6) is -1.33. The van der Waals surface area contributed by atoms with E-state index in [9.17, 15) is 23.2 Å². The summed E-state index contributed by atoms with van der Waals surface area (Å²) in [7, 11) is 0. The Balaban J connectivity index is 1.90. The van der Waals surface area contributed by atoms with Crippen LogP contribution in [-0.2, 0) is 10.5 Å². The second-order valence-corrected chi connectivity index (χ2v) is 8.86. The first-order valence-corrected chi connectivity index (χ1v) is 11.5. The molecule has 36 heavy (non-hydrogen) atoms. The van der Waals surface area contributed by atoms with Crippen LogP contribution < -0.4 is 16.0 Å². The fourth-order valence-corrected chi connectivity index (χ4v) is 3.85. The van der Waals surface area contributed by atoms with E-state index in [4.69, 9.17) is 5.73 Å². The Morgan fingerprint density at radius 3 is 2.14 bits per heavy atom. The number of benzene rings is 3. The lowest BCUT2D eigenvalue weighted by atomic mass is 9.94. The monoisotopic (exact) mass is 493 g/mol. The Morgan fingerprint density at radius 2 is 1.56 bits per heavy atom. The highest BCUT2D eigenvalue weighted by molar-refractivity contribution is 6.09. The van der Waals surface area contributed by atoms with E-state index >= 15 is 0 Å².